The Labute approximate surface area is 183 Å². The van der Waals surface area contributed by atoms with Gasteiger partial charge in [0.2, 0.25) is 0 Å². The Morgan fingerprint density at radius 1 is 1.16 bits per heavy atom. The van der Waals surface area contributed by atoms with Gasteiger partial charge in [-0.2, -0.15) is 4.68 Å². The third-order valence-electron chi connectivity index (χ3n) is 5.78. The highest BCUT2D eigenvalue weighted by atomic mass is 32.1. The molecule has 0 amide bonds. The molecule has 1 aliphatic heterocycles. The van der Waals surface area contributed by atoms with Crippen molar-refractivity contribution in [3.8, 4) is 27.5 Å². The number of tetrazole rings is 1. The summed E-state index contributed by atoms with van der Waals surface area (Å²) in [4.78, 5) is 6.93. The first-order valence-corrected chi connectivity index (χ1v) is 11.0. The lowest BCUT2D eigenvalue weighted by atomic mass is 10.1. The molecule has 4 aromatic rings. The van der Waals surface area contributed by atoms with E-state index >= 15 is 0 Å². The van der Waals surface area contributed by atoms with Crippen molar-refractivity contribution in [3.05, 3.63) is 57.8 Å². The highest BCUT2D eigenvalue weighted by Gasteiger charge is 2.20. The first-order valence-electron chi connectivity index (χ1n) is 10.2. The maximum absolute atomic E-state index is 15.0. The van der Waals surface area contributed by atoms with Crippen LogP contribution in [0.5, 0.6) is 0 Å². The smallest absolute Gasteiger partial charge is 0.190 e. The quantitative estimate of drug-likeness (QED) is 0.512. The van der Waals surface area contributed by atoms with Crippen molar-refractivity contribution in [2.45, 2.75) is 26.7 Å². The number of thiophene rings is 1. The fourth-order valence-electron chi connectivity index (χ4n) is 3.82. The molecule has 1 aromatic carbocycles. The molecule has 158 valence electrons. The number of anilines is 1. The Morgan fingerprint density at radius 2 is 2.00 bits per heavy atom. The van der Waals surface area contributed by atoms with Crippen LogP contribution in [0.2, 0.25) is 0 Å². The molecule has 3 aromatic heterocycles. The van der Waals surface area contributed by atoms with E-state index in [1.807, 2.05) is 19.1 Å². The summed E-state index contributed by atoms with van der Waals surface area (Å²) < 4.78 is 16.3. The normalized spacial score (nSPS) is 13.8. The fraction of sp³-hybridized carbons (Fsp3) is 0.273. The maximum atomic E-state index is 15.0. The Bertz CT molecular complexity index is 1250. The van der Waals surface area contributed by atoms with Gasteiger partial charge in [-0.25, -0.2) is 9.37 Å². The van der Waals surface area contributed by atoms with Crippen LogP contribution >= 0.6 is 11.3 Å². The first-order chi connectivity index (χ1) is 15.0. The zero-order chi connectivity index (χ0) is 21.5. The largest absolute Gasteiger partial charge is 0.383 e. The highest BCUT2D eigenvalue weighted by Crippen LogP contribution is 2.36. The van der Waals surface area contributed by atoms with Crippen LogP contribution in [0.1, 0.15) is 21.6 Å². The number of halogens is 1. The van der Waals surface area contributed by atoms with Crippen LogP contribution in [0.4, 0.5) is 10.2 Å². The molecule has 0 atom stereocenters. The molecule has 0 radical (unpaired) electrons. The topological polar surface area (TPSA) is 94.5 Å². The molecule has 4 heterocycles. The number of aryl methyl sites for hydroxylation is 1. The number of nitrogen functional groups attached to an aromatic ring is 1. The molecular weight excluding hydrogens is 413 g/mol. The van der Waals surface area contributed by atoms with E-state index in [1.54, 1.807) is 30.5 Å². The van der Waals surface area contributed by atoms with Gasteiger partial charge in [-0.3, -0.25) is 0 Å². The lowest BCUT2D eigenvalue weighted by Crippen LogP contribution is -2.16. The molecule has 1 aliphatic rings. The van der Waals surface area contributed by atoms with Gasteiger partial charge in [0.05, 0.1) is 5.56 Å². The zero-order valence-corrected chi connectivity index (χ0v) is 18.1. The standard InChI is InChI=1S/C22H22FN7S/c1-12-3-4-17(20(23)13(12)2)30-22(27-28-29-30)16-9-15(11-26-21(16)24)19-10-14-5-7-25-8-6-18(14)31-19/h3-4,9-11,25H,5-8H2,1-2H3,(H2,24,26). The number of pyridine rings is 1. The molecule has 0 bridgehead atoms. The SMILES string of the molecule is Cc1ccc(-n2nnnc2-c2cc(-c3cc4c(s3)CCNCC4)cnc2N)c(F)c1C. The summed E-state index contributed by atoms with van der Waals surface area (Å²) >= 11 is 1.78. The summed E-state index contributed by atoms with van der Waals surface area (Å²) in [5, 5.41) is 15.4. The van der Waals surface area contributed by atoms with Crippen molar-refractivity contribution >= 4 is 17.2 Å². The van der Waals surface area contributed by atoms with Gasteiger partial charge in [0.15, 0.2) is 11.6 Å². The summed E-state index contributed by atoms with van der Waals surface area (Å²) in [7, 11) is 0. The van der Waals surface area contributed by atoms with Gasteiger partial charge in [-0.1, -0.05) is 6.07 Å². The number of hydrogen-bond donors (Lipinski definition) is 2. The number of fused-ring (bicyclic) bond motifs is 1. The second kappa shape index (κ2) is 7.82. The molecule has 5 rings (SSSR count). The lowest BCUT2D eigenvalue weighted by Gasteiger charge is -2.11. The molecule has 3 N–H and O–H groups in total. The third-order valence-corrected chi connectivity index (χ3v) is 7.06. The molecular formula is C22H22FN7S. The van der Waals surface area contributed by atoms with Crippen LogP contribution in [0, 0.1) is 19.7 Å². The molecule has 0 saturated carbocycles. The number of nitrogens with zero attached hydrogens (tertiary/aromatic N) is 5. The number of nitrogens with one attached hydrogen (secondary N) is 1. The Kier molecular flexibility index (Phi) is 4.99. The highest BCUT2D eigenvalue weighted by molar-refractivity contribution is 7.15. The molecule has 7 nitrogen and oxygen atoms in total. The van der Waals surface area contributed by atoms with Crippen molar-refractivity contribution in [1.29, 1.82) is 0 Å². The van der Waals surface area contributed by atoms with E-state index < -0.39 is 0 Å². The van der Waals surface area contributed by atoms with Gasteiger partial charge in [-0.05, 0) is 85.1 Å². The number of benzene rings is 1. The van der Waals surface area contributed by atoms with Gasteiger partial charge < -0.3 is 11.1 Å². The third kappa shape index (κ3) is 3.49. The predicted octanol–water partition coefficient (Wildman–Crippen LogP) is 3.48. The summed E-state index contributed by atoms with van der Waals surface area (Å²) in [5.41, 5.74) is 10.8. The van der Waals surface area contributed by atoms with Crippen molar-refractivity contribution < 1.29 is 4.39 Å². The van der Waals surface area contributed by atoms with E-state index in [1.165, 1.54) is 15.1 Å². The zero-order valence-electron chi connectivity index (χ0n) is 17.3. The minimum absolute atomic E-state index is 0.281. The summed E-state index contributed by atoms with van der Waals surface area (Å²) in [6.07, 6.45) is 3.82. The van der Waals surface area contributed by atoms with Gasteiger partial charge in [0, 0.05) is 21.5 Å². The minimum Gasteiger partial charge on any atom is -0.383 e. The Balaban J connectivity index is 1.59. The first kappa shape index (κ1) is 19.8. The van der Waals surface area contributed by atoms with Crippen LogP contribution in [0.25, 0.3) is 27.5 Å². The number of aromatic nitrogens is 5. The molecule has 0 saturated heterocycles. The van der Waals surface area contributed by atoms with Crippen molar-refractivity contribution in [1.82, 2.24) is 30.5 Å². The van der Waals surface area contributed by atoms with Gasteiger partial charge >= 0.3 is 0 Å². The number of nitrogens with two attached hydrogens (primary N) is 1. The fourth-order valence-corrected chi connectivity index (χ4v) is 5.01. The van der Waals surface area contributed by atoms with Crippen LogP contribution in [-0.4, -0.2) is 38.3 Å². The van der Waals surface area contributed by atoms with Gasteiger partial charge in [0.1, 0.15) is 11.5 Å². The van der Waals surface area contributed by atoms with Gasteiger partial charge in [0.25, 0.3) is 0 Å². The number of rotatable bonds is 3. The predicted molar refractivity (Wildman–Crippen MR) is 120 cm³/mol. The molecule has 0 spiro atoms. The van der Waals surface area contributed by atoms with E-state index in [4.69, 9.17) is 5.73 Å². The summed E-state index contributed by atoms with van der Waals surface area (Å²) in [6.45, 7) is 5.59. The van der Waals surface area contributed by atoms with E-state index in [0.29, 0.717) is 22.8 Å². The van der Waals surface area contributed by atoms with Crippen molar-refractivity contribution in [2.75, 3.05) is 18.8 Å². The van der Waals surface area contributed by atoms with E-state index in [2.05, 4.69) is 31.9 Å². The molecule has 0 fully saturated rings. The van der Waals surface area contributed by atoms with E-state index in [9.17, 15) is 4.39 Å². The maximum Gasteiger partial charge on any atom is 0.190 e. The average molecular weight is 436 g/mol. The van der Waals surface area contributed by atoms with Crippen LogP contribution < -0.4 is 11.1 Å². The second-order valence-corrected chi connectivity index (χ2v) is 8.86. The lowest BCUT2D eigenvalue weighted by molar-refractivity contribution is 0.598. The average Bonchev–Trinajstić information content (AvgIpc) is 3.35. The van der Waals surface area contributed by atoms with Crippen molar-refractivity contribution in [2.24, 2.45) is 0 Å². The molecule has 0 unspecified atom stereocenters. The molecule has 0 aliphatic carbocycles. The summed E-state index contributed by atoms with van der Waals surface area (Å²) in [6, 6.07) is 7.70. The summed E-state index contributed by atoms with van der Waals surface area (Å²) in [5.74, 6) is 0.300. The van der Waals surface area contributed by atoms with Crippen LogP contribution in [0.3, 0.4) is 0 Å². The Morgan fingerprint density at radius 3 is 2.87 bits per heavy atom. The minimum atomic E-state index is -0.355. The number of hydrogen-bond acceptors (Lipinski definition) is 7. The van der Waals surface area contributed by atoms with Crippen molar-refractivity contribution in [3.63, 3.8) is 0 Å². The molecule has 31 heavy (non-hydrogen) atoms. The Hall–Kier alpha value is -3.17. The second-order valence-electron chi connectivity index (χ2n) is 7.72. The van der Waals surface area contributed by atoms with Crippen LogP contribution in [0.15, 0.2) is 30.5 Å². The van der Waals surface area contributed by atoms with Crippen LogP contribution in [-0.2, 0) is 12.8 Å². The molecule has 9 heteroatoms. The van der Waals surface area contributed by atoms with E-state index in [0.717, 1.165) is 41.9 Å². The van der Waals surface area contributed by atoms with Gasteiger partial charge in [-0.15, -0.1) is 16.4 Å². The van der Waals surface area contributed by atoms with E-state index in [-0.39, 0.29) is 11.5 Å². The monoisotopic (exact) mass is 435 g/mol.